The Hall–Kier alpha value is -0.0900. The Labute approximate surface area is 228 Å². The van der Waals surface area contributed by atoms with Gasteiger partial charge in [-0.05, 0) is 52.0 Å². The van der Waals surface area contributed by atoms with Gasteiger partial charge in [-0.25, -0.2) is 0 Å². The zero-order chi connectivity index (χ0) is 26.7. The second kappa shape index (κ2) is 16.8. The first-order valence-electron chi connectivity index (χ1n) is 14.1. The van der Waals surface area contributed by atoms with Gasteiger partial charge in [-0.1, -0.05) is 64.7 Å². The van der Waals surface area contributed by atoms with Crippen molar-refractivity contribution in [2.24, 2.45) is 5.92 Å². The molecule has 0 saturated carbocycles. The molecule has 0 aromatic heterocycles. The van der Waals surface area contributed by atoms with Gasteiger partial charge in [-0.15, -0.1) is 23.4 Å². The first-order valence-corrected chi connectivity index (χ1v) is 15.8. The molecular formula is C27H51ClN2O5S. The predicted molar refractivity (Wildman–Crippen MR) is 148 cm³/mol. The van der Waals surface area contributed by atoms with E-state index in [1.807, 2.05) is 7.05 Å². The lowest BCUT2D eigenvalue weighted by atomic mass is 9.92. The average Bonchev–Trinajstić information content (AvgIpc) is 3.04. The van der Waals surface area contributed by atoms with Gasteiger partial charge < -0.3 is 25.4 Å². The summed E-state index contributed by atoms with van der Waals surface area (Å²) < 4.78 is 5.89. The van der Waals surface area contributed by atoms with Crippen LogP contribution in [0.25, 0.3) is 0 Å². The lowest BCUT2D eigenvalue weighted by Gasteiger charge is -2.44. The molecule has 0 spiro atoms. The number of nitrogens with zero attached hydrogens (tertiary/aromatic N) is 1. The molecule has 0 aromatic carbocycles. The number of carbonyl (C=O) groups excluding carboxylic acids is 1. The summed E-state index contributed by atoms with van der Waals surface area (Å²) in [5.74, 6) is 0.524. The molecule has 0 radical (unpaired) electrons. The van der Waals surface area contributed by atoms with Gasteiger partial charge in [-0.2, -0.15) is 0 Å². The Kier molecular flexibility index (Phi) is 15.0. The molecule has 9 heteroatoms. The van der Waals surface area contributed by atoms with Crippen molar-refractivity contribution < 1.29 is 24.9 Å². The Bertz CT molecular complexity index is 629. The summed E-state index contributed by atoms with van der Waals surface area (Å²) in [6, 6.07) is -0.963. The summed E-state index contributed by atoms with van der Waals surface area (Å²) in [5, 5.41) is 33.6. The number of halogens is 1. The number of hydrogen-bond acceptors (Lipinski definition) is 7. The number of carbonyl (C=O) groups is 1. The molecule has 4 N–H and O–H groups in total. The van der Waals surface area contributed by atoms with E-state index in [0.717, 1.165) is 25.8 Å². The minimum atomic E-state index is -1.37. The summed E-state index contributed by atoms with van der Waals surface area (Å²) in [6.45, 7) is 4.87. The molecule has 7 nitrogen and oxygen atoms in total. The number of unbranched alkanes of at least 4 members (excludes halogenated alkanes) is 7. The van der Waals surface area contributed by atoms with Gasteiger partial charge >= 0.3 is 0 Å². The third-order valence-electron chi connectivity index (χ3n) is 8.04. The van der Waals surface area contributed by atoms with E-state index < -0.39 is 41.3 Å². The minimum Gasteiger partial charge on any atom is -0.388 e. The lowest BCUT2D eigenvalue weighted by molar-refractivity contribution is -0.205. The van der Waals surface area contributed by atoms with E-state index in [4.69, 9.17) is 16.3 Å². The molecule has 212 valence electrons. The number of rotatable bonds is 14. The van der Waals surface area contributed by atoms with Crippen LogP contribution in [0.1, 0.15) is 90.9 Å². The lowest BCUT2D eigenvalue weighted by Crippen LogP contribution is -2.65. The SMILES string of the molecule is CCCCCCCCCC[C@H]1CCC(C(=O)NC(C2OC(SC)C(O)C(O)C2O)[C@H](C)Cl)N(C)CC1. The first kappa shape index (κ1) is 32.1. The first-order chi connectivity index (χ1) is 17.2. The van der Waals surface area contributed by atoms with E-state index in [9.17, 15) is 20.1 Å². The zero-order valence-corrected chi connectivity index (χ0v) is 24.4. The topological polar surface area (TPSA) is 102 Å². The van der Waals surface area contributed by atoms with Gasteiger partial charge in [0, 0.05) is 0 Å². The molecule has 0 aliphatic carbocycles. The van der Waals surface area contributed by atoms with Crippen LogP contribution >= 0.6 is 23.4 Å². The van der Waals surface area contributed by atoms with Crippen LogP contribution in [0.3, 0.4) is 0 Å². The molecule has 0 aromatic rings. The van der Waals surface area contributed by atoms with Crippen LogP contribution in [0.4, 0.5) is 0 Å². The van der Waals surface area contributed by atoms with Crippen molar-refractivity contribution in [2.75, 3.05) is 19.8 Å². The van der Waals surface area contributed by atoms with Crippen molar-refractivity contribution in [3.8, 4) is 0 Å². The van der Waals surface area contributed by atoms with Crippen LogP contribution in [-0.4, -0.2) is 93.3 Å². The predicted octanol–water partition coefficient (Wildman–Crippen LogP) is 3.90. The number of likely N-dealkylation sites (tertiary alicyclic amines) is 1. The molecule has 2 fully saturated rings. The van der Waals surface area contributed by atoms with E-state index >= 15 is 0 Å². The van der Waals surface area contributed by atoms with Gasteiger partial charge in [0.15, 0.2) is 0 Å². The van der Waals surface area contributed by atoms with Crippen LogP contribution < -0.4 is 5.32 Å². The van der Waals surface area contributed by atoms with Gasteiger partial charge in [0.2, 0.25) is 5.91 Å². The van der Waals surface area contributed by atoms with Crippen LogP contribution in [0.2, 0.25) is 0 Å². The Morgan fingerprint density at radius 2 is 1.67 bits per heavy atom. The normalized spacial score (nSPS) is 33.6. The van der Waals surface area contributed by atoms with Crippen LogP contribution in [-0.2, 0) is 9.53 Å². The maximum atomic E-state index is 13.4. The highest BCUT2D eigenvalue weighted by molar-refractivity contribution is 7.99. The number of aliphatic hydroxyl groups is 3. The maximum absolute atomic E-state index is 13.4. The van der Waals surface area contributed by atoms with Gasteiger partial charge in [0.25, 0.3) is 0 Å². The molecule has 2 saturated heterocycles. The monoisotopic (exact) mass is 550 g/mol. The minimum absolute atomic E-state index is 0.125. The van der Waals surface area contributed by atoms with Crippen LogP contribution in [0, 0.1) is 5.92 Å². The highest BCUT2D eigenvalue weighted by Gasteiger charge is 2.48. The van der Waals surface area contributed by atoms with E-state index in [0.29, 0.717) is 5.92 Å². The second-order valence-corrected chi connectivity index (χ2v) is 12.5. The standard InChI is InChI=1S/C27H51ClN2O5S/c1-5-6-7-8-9-10-11-12-13-19-14-15-20(30(3)17-16-19)26(34)29-21(18(2)28)25-23(32)22(31)24(33)27(35-25)36-4/h18-25,27,31-33H,5-17H2,1-4H3,(H,29,34)/t18-,19-,20?,21?,22?,23?,24?,25?,27?/m0/s1. The third kappa shape index (κ3) is 9.58. The smallest absolute Gasteiger partial charge is 0.237 e. The molecule has 36 heavy (non-hydrogen) atoms. The Morgan fingerprint density at radius 1 is 1.03 bits per heavy atom. The highest BCUT2D eigenvalue weighted by Crippen LogP contribution is 2.31. The van der Waals surface area contributed by atoms with Gasteiger partial charge in [0.1, 0.15) is 29.9 Å². The quantitative estimate of drug-likeness (QED) is 0.192. The van der Waals surface area contributed by atoms with E-state index in [2.05, 4.69) is 17.1 Å². The summed E-state index contributed by atoms with van der Waals surface area (Å²) >= 11 is 7.69. The van der Waals surface area contributed by atoms with Gasteiger partial charge in [0.05, 0.1) is 17.5 Å². The van der Waals surface area contributed by atoms with Crippen molar-refractivity contribution >= 4 is 29.3 Å². The number of hydrogen-bond donors (Lipinski definition) is 4. The number of thioether (sulfide) groups is 1. The van der Waals surface area contributed by atoms with Crippen molar-refractivity contribution in [2.45, 2.75) is 138 Å². The molecule has 2 rings (SSSR count). The third-order valence-corrected chi connectivity index (χ3v) is 9.16. The fraction of sp³-hybridized carbons (Fsp3) is 0.963. The Balaban J connectivity index is 1.86. The fourth-order valence-electron chi connectivity index (χ4n) is 5.57. The summed E-state index contributed by atoms with van der Waals surface area (Å²) in [7, 11) is 2.00. The average molecular weight is 551 g/mol. The summed E-state index contributed by atoms with van der Waals surface area (Å²) in [6.07, 6.45) is 11.7. The fourth-order valence-corrected chi connectivity index (χ4v) is 6.46. The van der Waals surface area contributed by atoms with E-state index in [1.54, 1.807) is 13.2 Å². The molecule has 0 bridgehead atoms. The molecular weight excluding hydrogens is 500 g/mol. The van der Waals surface area contributed by atoms with Gasteiger partial charge in [-0.3, -0.25) is 9.69 Å². The highest BCUT2D eigenvalue weighted by atomic mass is 35.5. The number of likely N-dealkylation sites (N-methyl/N-ethyl adjacent to an activating group) is 1. The van der Waals surface area contributed by atoms with Crippen molar-refractivity contribution in [1.29, 1.82) is 0 Å². The van der Waals surface area contributed by atoms with E-state index in [-0.39, 0.29) is 11.9 Å². The number of ether oxygens (including phenoxy) is 1. The second-order valence-electron chi connectivity index (χ2n) is 10.9. The zero-order valence-electron chi connectivity index (χ0n) is 22.8. The van der Waals surface area contributed by atoms with E-state index in [1.165, 1.54) is 69.5 Å². The van der Waals surface area contributed by atoms with Crippen molar-refractivity contribution in [1.82, 2.24) is 10.2 Å². The number of alkyl halides is 1. The molecule has 2 aliphatic heterocycles. The number of aliphatic hydroxyl groups excluding tert-OH is 3. The molecule has 9 atom stereocenters. The number of amides is 1. The van der Waals surface area contributed by atoms with Crippen LogP contribution in [0.5, 0.6) is 0 Å². The molecule has 2 heterocycles. The maximum Gasteiger partial charge on any atom is 0.237 e. The van der Waals surface area contributed by atoms with Crippen molar-refractivity contribution in [3.63, 3.8) is 0 Å². The molecule has 2 aliphatic rings. The Morgan fingerprint density at radius 3 is 2.28 bits per heavy atom. The molecule has 7 unspecified atom stereocenters. The van der Waals surface area contributed by atoms with Crippen LogP contribution in [0.15, 0.2) is 0 Å². The molecule has 1 amide bonds. The summed E-state index contributed by atoms with van der Waals surface area (Å²) in [4.78, 5) is 15.5. The summed E-state index contributed by atoms with van der Waals surface area (Å²) in [5.41, 5.74) is -0.708. The van der Waals surface area contributed by atoms with Crippen molar-refractivity contribution in [3.05, 3.63) is 0 Å². The largest absolute Gasteiger partial charge is 0.388 e. The number of nitrogens with one attached hydrogen (secondary N) is 1.